The molecule has 72 valence electrons. The molecule has 1 heteroatoms. The van der Waals surface area contributed by atoms with Gasteiger partial charge in [-0.3, -0.25) is 0 Å². The van der Waals surface area contributed by atoms with Crippen LogP contribution in [0.3, 0.4) is 0 Å². The maximum atomic E-state index is 4.34. The van der Waals surface area contributed by atoms with E-state index in [2.05, 4.69) is 33.4 Å². The average molecular weight is 186 g/mol. The van der Waals surface area contributed by atoms with Gasteiger partial charge < -0.3 is 0 Å². The van der Waals surface area contributed by atoms with Gasteiger partial charge in [-0.25, -0.2) is 0 Å². The molecule has 1 aliphatic carbocycles. The summed E-state index contributed by atoms with van der Waals surface area (Å²) < 4.78 is 0. The largest absolute Gasteiger partial charge is 0.179 e. The van der Waals surface area contributed by atoms with E-state index in [1.807, 2.05) is 0 Å². The summed E-state index contributed by atoms with van der Waals surface area (Å²) in [5.41, 5.74) is 0. The molecule has 0 saturated heterocycles. The third-order valence-corrected chi connectivity index (χ3v) is 3.98. The highest BCUT2D eigenvalue weighted by Gasteiger charge is 2.34. The lowest BCUT2D eigenvalue weighted by Crippen LogP contribution is -2.33. The highest BCUT2D eigenvalue weighted by atomic mass is 32.1. The Morgan fingerprint density at radius 2 is 1.92 bits per heavy atom. The molecule has 12 heavy (non-hydrogen) atoms. The molecule has 0 aliphatic heterocycles. The van der Waals surface area contributed by atoms with Crippen LogP contribution in [0.15, 0.2) is 0 Å². The predicted octanol–water partition coefficient (Wildman–Crippen LogP) is 3.62. The van der Waals surface area contributed by atoms with Crippen LogP contribution in [0.5, 0.6) is 0 Å². The number of rotatable bonds is 4. The molecule has 1 unspecified atom stereocenters. The predicted molar refractivity (Wildman–Crippen MR) is 58.7 cm³/mol. The van der Waals surface area contributed by atoms with Gasteiger partial charge in [0, 0.05) is 0 Å². The zero-order valence-corrected chi connectivity index (χ0v) is 9.48. The van der Waals surface area contributed by atoms with E-state index in [1.165, 1.54) is 19.3 Å². The van der Waals surface area contributed by atoms with E-state index in [1.54, 1.807) is 0 Å². The fraction of sp³-hybridized carbons (Fsp3) is 1.00. The first kappa shape index (κ1) is 10.4. The molecule has 0 heterocycles. The van der Waals surface area contributed by atoms with Gasteiger partial charge in [-0.15, -0.1) is 0 Å². The zero-order chi connectivity index (χ0) is 9.14. The Hall–Kier alpha value is 0.350. The third kappa shape index (κ3) is 2.18. The van der Waals surface area contributed by atoms with Crippen molar-refractivity contribution in [3.63, 3.8) is 0 Å². The summed E-state index contributed by atoms with van der Waals surface area (Å²) in [4.78, 5) is 0. The third-order valence-electron chi connectivity index (χ3n) is 3.46. The van der Waals surface area contributed by atoms with E-state index >= 15 is 0 Å². The summed E-state index contributed by atoms with van der Waals surface area (Å²) in [5, 5.41) is 0. The molecule has 0 nitrogen and oxygen atoms in total. The van der Waals surface area contributed by atoms with Crippen LogP contribution in [-0.2, 0) is 0 Å². The second-order valence-corrected chi connectivity index (χ2v) is 4.96. The Kier molecular flexibility index (Phi) is 3.95. The summed E-state index contributed by atoms with van der Waals surface area (Å²) in [6.07, 6.45) is 4.25. The maximum Gasteiger partial charge on any atom is -0.00693 e. The fourth-order valence-electron chi connectivity index (χ4n) is 2.63. The molecule has 1 atom stereocenters. The van der Waals surface area contributed by atoms with E-state index < -0.39 is 0 Å². The van der Waals surface area contributed by atoms with Crippen molar-refractivity contribution < 1.29 is 0 Å². The molecule has 0 aromatic heterocycles. The summed E-state index contributed by atoms with van der Waals surface area (Å²) in [7, 11) is 0. The Labute approximate surface area is 82.5 Å². The molecule has 1 saturated carbocycles. The van der Waals surface area contributed by atoms with Crippen LogP contribution in [0.1, 0.15) is 40.0 Å². The topological polar surface area (TPSA) is 0 Å². The lowest BCUT2D eigenvalue weighted by Gasteiger charge is -2.41. The first-order valence-electron chi connectivity index (χ1n) is 5.29. The lowest BCUT2D eigenvalue weighted by atomic mass is 9.65. The smallest absolute Gasteiger partial charge is 0.00693 e. The van der Waals surface area contributed by atoms with Gasteiger partial charge in [-0.1, -0.05) is 27.2 Å². The molecular formula is C11H22S. The molecular weight excluding hydrogens is 164 g/mol. The van der Waals surface area contributed by atoms with Crippen LogP contribution in [0.2, 0.25) is 0 Å². The van der Waals surface area contributed by atoms with Crippen molar-refractivity contribution in [3.8, 4) is 0 Å². The second kappa shape index (κ2) is 4.55. The fourth-order valence-corrected chi connectivity index (χ4v) is 2.93. The van der Waals surface area contributed by atoms with Crippen LogP contribution in [0.25, 0.3) is 0 Å². The number of thiol groups is 1. The quantitative estimate of drug-likeness (QED) is 0.637. The summed E-state index contributed by atoms with van der Waals surface area (Å²) >= 11 is 4.34. The first-order valence-corrected chi connectivity index (χ1v) is 5.93. The van der Waals surface area contributed by atoms with Crippen LogP contribution in [0, 0.1) is 23.7 Å². The van der Waals surface area contributed by atoms with E-state index in [4.69, 9.17) is 0 Å². The van der Waals surface area contributed by atoms with E-state index in [0.29, 0.717) is 0 Å². The SMILES string of the molecule is CCC(C(C)C)C1CC(CS)C1. The number of hydrogen-bond donors (Lipinski definition) is 1. The van der Waals surface area contributed by atoms with Crippen molar-refractivity contribution in [1.29, 1.82) is 0 Å². The van der Waals surface area contributed by atoms with Crippen molar-refractivity contribution >= 4 is 12.6 Å². The Bertz CT molecular complexity index is 125. The molecule has 0 aromatic rings. The minimum atomic E-state index is 0.876. The van der Waals surface area contributed by atoms with Gasteiger partial charge in [-0.2, -0.15) is 12.6 Å². The van der Waals surface area contributed by atoms with Gasteiger partial charge in [0.05, 0.1) is 0 Å². The van der Waals surface area contributed by atoms with Crippen molar-refractivity contribution in [1.82, 2.24) is 0 Å². The van der Waals surface area contributed by atoms with Gasteiger partial charge in [0.2, 0.25) is 0 Å². The summed E-state index contributed by atoms with van der Waals surface area (Å²) in [6, 6.07) is 0. The molecule has 0 N–H and O–H groups in total. The van der Waals surface area contributed by atoms with Gasteiger partial charge in [0.1, 0.15) is 0 Å². The Morgan fingerprint density at radius 1 is 1.33 bits per heavy atom. The van der Waals surface area contributed by atoms with Crippen molar-refractivity contribution in [2.45, 2.75) is 40.0 Å². The van der Waals surface area contributed by atoms with Gasteiger partial charge >= 0.3 is 0 Å². The second-order valence-electron chi connectivity index (χ2n) is 4.60. The standard InChI is InChI=1S/C11H22S/c1-4-11(8(2)3)10-5-9(6-10)7-12/h8-12H,4-7H2,1-3H3. The maximum absolute atomic E-state index is 4.34. The molecule has 0 spiro atoms. The highest BCUT2D eigenvalue weighted by molar-refractivity contribution is 7.80. The van der Waals surface area contributed by atoms with Gasteiger partial charge in [-0.05, 0) is 42.3 Å². The molecule has 1 aliphatic rings. The minimum Gasteiger partial charge on any atom is -0.179 e. The zero-order valence-electron chi connectivity index (χ0n) is 8.59. The van der Waals surface area contributed by atoms with Crippen LogP contribution >= 0.6 is 12.6 Å². The Balaban J connectivity index is 2.29. The van der Waals surface area contributed by atoms with E-state index in [-0.39, 0.29) is 0 Å². The molecule has 0 aromatic carbocycles. The van der Waals surface area contributed by atoms with Crippen molar-refractivity contribution in [3.05, 3.63) is 0 Å². The molecule has 1 fully saturated rings. The monoisotopic (exact) mass is 186 g/mol. The van der Waals surface area contributed by atoms with E-state index in [0.717, 1.165) is 29.4 Å². The molecule has 0 radical (unpaired) electrons. The van der Waals surface area contributed by atoms with Gasteiger partial charge in [0.15, 0.2) is 0 Å². The van der Waals surface area contributed by atoms with Crippen molar-refractivity contribution in [2.24, 2.45) is 23.7 Å². The Morgan fingerprint density at radius 3 is 2.25 bits per heavy atom. The first-order chi connectivity index (χ1) is 5.69. The summed E-state index contributed by atoms with van der Waals surface area (Å²) in [5.74, 6) is 4.91. The summed E-state index contributed by atoms with van der Waals surface area (Å²) in [6.45, 7) is 7.06. The lowest BCUT2D eigenvalue weighted by molar-refractivity contribution is 0.105. The molecule has 0 amide bonds. The van der Waals surface area contributed by atoms with Crippen LogP contribution < -0.4 is 0 Å². The van der Waals surface area contributed by atoms with Crippen LogP contribution in [0.4, 0.5) is 0 Å². The molecule has 0 bridgehead atoms. The van der Waals surface area contributed by atoms with Crippen LogP contribution in [-0.4, -0.2) is 5.75 Å². The molecule has 1 rings (SSSR count). The minimum absolute atomic E-state index is 0.876. The van der Waals surface area contributed by atoms with E-state index in [9.17, 15) is 0 Å². The normalized spacial score (nSPS) is 31.8. The van der Waals surface area contributed by atoms with Gasteiger partial charge in [0.25, 0.3) is 0 Å². The average Bonchev–Trinajstić information content (AvgIpc) is 1.94. The number of hydrogen-bond acceptors (Lipinski definition) is 1. The van der Waals surface area contributed by atoms with Crippen molar-refractivity contribution in [2.75, 3.05) is 5.75 Å². The highest BCUT2D eigenvalue weighted by Crippen LogP contribution is 2.43.